The van der Waals surface area contributed by atoms with Gasteiger partial charge < -0.3 is 5.32 Å². The Hall–Kier alpha value is -3.73. The fourth-order valence-corrected chi connectivity index (χ4v) is 3.56. The molecule has 142 valence electrons. The lowest BCUT2D eigenvalue weighted by molar-refractivity contribution is 0.876. The molecule has 1 N–H and O–H groups in total. The predicted octanol–water partition coefficient (Wildman–Crippen LogP) is 5.12. The number of para-hydroxylation sites is 1. The summed E-state index contributed by atoms with van der Waals surface area (Å²) in [7, 11) is 0. The minimum Gasteiger partial charge on any atom is -0.365 e. The van der Waals surface area contributed by atoms with Gasteiger partial charge >= 0.3 is 0 Å². The third-order valence-corrected chi connectivity index (χ3v) is 5.19. The van der Waals surface area contributed by atoms with Crippen molar-refractivity contribution < 1.29 is 0 Å². The van der Waals surface area contributed by atoms with Gasteiger partial charge in [-0.25, -0.2) is 4.98 Å². The first-order valence-electron chi connectivity index (χ1n) is 9.85. The molecule has 0 radical (unpaired) electrons. The Labute approximate surface area is 169 Å². The molecule has 29 heavy (non-hydrogen) atoms. The van der Waals surface area contributed by atoms with E-state index in [2.05, 4.69) is 59.0 Å². The lowest BCUT2D eigenvalue weighted by Crippen LogP contribution is -2.05. The fourth-order valence-electron chi connectivity index (χ4n) is 3.56. The summed E-state index contributed by atoms with van der Waals surface area (Å²) in [4.78, 5) is 4.92. The number of benzene rings is 3. The van der Waals surface area contributed by atoms with Crippen molar-refractivity contribution in [2.75, 3.05) is 5.32 Å². The molecule has 5 nitrogen and oxygen atoms in total. The van der Waals surface area contributed by atoms with Crippen LogP contribution >= 0.6 is 0 Å². The van der Waals surface area contributed by atoms with Crippen molar-refractivity contribution in [3.05, 3.63) is 90.0 Å². The van der Waals surface area contributed by atoms with Crippen LogP contribution in [0.25, 0.3) is 27.8 Å². The van der Waals surface area contributed by atoms with Crippen LogP contribution in [0, 0.1) is 0 Å². The lowest BCUT2D eigenvalue weighted by Gasteiger charge is -2.11. The first-order valence-corrected chi connectivity index (χ1v) is 9.85. The molecule has 0 fully saturated rings. The van der Waals surface area contributed by atoms with Gasteiger partial charge in [0.1, 0.15) is 11.5 Å². The summed E-state index contributed by atoms with van der Waals surface area (Å²) in [5, 5.41) is 13.3. The van der Waals surface area contributed by atoms with Gasteiger partial charge in [0.05, 0.1) is 5.52 Å². The van der Waals surface area contributed by atoms with E-state index in [0.717, 1.165) is 40.0 Å². The molecular weight excluding hydrogens is 358 g/mol. The van der Waals surface area contributed by atoms with Crippen LogP contribution in [0.2, 0.25) is 0 Å². The monoisotopic (exact) mass is 379 g/mol. The molecule has 0 bridgehead atoms. The number of rotatable bonds is 5. The van der Waals surface area contributed by atoms with Crippen LogP contribution in [-0.2, 0) is 13.0 Å². The summed E-state index contributed by atoms with van der Waals surface area (Å²) < 4.78 is 1.82. The van der Waals surface area contributed by atoms with Gasteiger partial charge in [0.25, 0.3) is 0 Å². The Morgan fingerprint density at radius 3 is 2.34 bits per heavy atom. The van der Waals surface area contributed by atoms with E-state index in [1.54, 1.807) is 0 Å². The van der Waals surface area contributed by atoms with Crippen LogP contribution in [0.4, 0.5) is 5.82 Å². The van der Waals surface area contributed by atoms with Crippen molar-refractivity contribution in [2.24, 2.45) is 0 Å². The largest absolute Gasteiger partial charge is 0.365 e. The van der Waals surface area contributed by atoms with Crippen molar-refractivity contribution in [2.45, 2.75) is 19.9 Å². The highest BCUT2D eigenvalue weighted by atomic mass is 15.4. The van der Waals surface area contributed by atoms with Gasteiger partial charge in [0.15, 0.2) is 5.65 Å². The van der Waals surface area contributed by atoms with Crippen LogP contribution < -0.4 is 5.32 Å². The molecule has 5 heteroatoms. The summed E-state index contributed by atoms with van der Waals surface area (Å²) in [5.74, 6) is 0.840. The maximum Gasteiger partial charge on any atom is 0.186 e. The number of aromatic nitrogens is 4. The van der Waals surface area contributed by atoms with Gasteiger partial charge in [-0.2, -0.15) is 4.52 Å². The molecule has 0 aliphatic rings. The number of aryl methyl sites for hydroxylation is 1. The molecule has 2 aromatic heterocycles. The maximum absolute atomic E-state index is 4.92. The molecule has 0 aliphatic carbocycles. The molecule has 0 amide bonds. The normalized spacial score (nSPS) is 11.2. The number of anilines is 1. The number of hydrogen-bond acceptors (Lipinski definition) is 4. The molecule has 0 saturated heterocycles. The van der Waals surface area contributed by atoms with E-state index in [-0.39, 0.29) is 0 Å². The molecule has 3 aromatic carbocycles. The first-order chi connectivity index (χ1) is 14.3. The first kappa shape index (κ1) is 17.4. The highest BCUT2D eigenvalue weighted by molar-refractivity contribution is 5.93. The Morgan fingerprint density at radius 2 is 1.55 bits per heavy atom. The van der Waals surface area contributed by atoms with Crippen LogP contribution in [-0.4, -0.2) is 19.8 Å². The minimum absolute atomic E-state index is 0.708. The second kappa shape index (κ2) is 7.36. The van der Waals surface area contributed by atoms with Crippen molar-refractivity contribution in [3.8, 4) is 11.3 Å². The van der Waals surface area contributed by atoms with Crippen LogP contribution in [0.3, 0.4) is 0 Å². The van der Waals surface area contributed by atoms with Gasteiger partial charge in [-0.1, -0.05) is 78.9 Å². The maximum atomic E-state index is 4.92. The summed E-state index contributed by atoms with van der Waals surface area (Å²) in [6.45, 7) is 2.88. The zero-order chi connectivity index (χ0) is 19.6. The molecule has 0 spiro atoms. The Bertz CT molecular complexity index is 1270. The highest BCUT2D eigenvalue weighted by Gasteiger charge is 2.15. The Morgan fingerprint density at radius 1 is 0.828 bits per heavy atom. The number of nitrogens with one attached hydrogen (secondary N) is 1. The van der Waals surface area contributed by atoms with Crippen molar-refractivity contribution in [1.82, 2.24) is 19.8 Å². The van der Waals surface area contributed by atoms with Gasteiger partial charge in [0.2, 0.25) is 0 Å². The molecule has 0 atom stereocenters. The third kappa shape index (κ3) is 3.21. The Balaban J connectivity index is 1.59. The van der Waals surface area contributed by atoms with E-state index in [1.165, 1.54) is 11.1 Å². The molecule has 2 heterocycles. The summed E-state index contributed by atoms with van der Waals surface area (Å²) in [6.07, 6.45) is 1.05. The van der Waals surface area contributed by atoms with E-state index in [9.17, 15) is 0 Å². The van der Waals surface area contributed by atoms with Crippen molar-refractivity contribution in [3.63, 3.8) is 0 Å². The molecular formula is C24H21N5. The van der Waals surface area contributed by atoms with Gasteiger partial charge in [-0.05, 0) is 29.7 Å². The predicted molar refractivity (Wildman–Crippen MR) is 117 cm³/mol. The molecule has 5 rings (SSSR count). The fraction of sp³-hybridized carbons (Fsp3) is 0.125. The molecule has 0 unspecified atom stereocenters. The van der Waals surface area contributed by atoms with Gasteiger partial charge in [0, 0.05) is 17.5 Å². The lowest BCUT2D eigenvalue weighted by atomic mass is 10.1. The van der Waals surface area contributed by atoms with Gasteiger partial charge in [-0.15, -0.1) is 5.10 Å². The highest BCUT2D eigenvalue weighted by Crippen LogP contribution is 2.28. The summed E-state index contributed by atoms with van der Waals surface area (Å²) in [6, 6.07) is 26.9. The SMILES string of the molecule is CCc1ccc(CNc2nc3c(-c4ccccc4)nnn3c3ccccc23)cc1. The zero-order valence-electron chi connectivity index (χ0n) is 16.2. The van der Waals surface area contributed by atoms with E-state index in [1.807, 2.05) is 47.0 Å². The number of nitrogens with zero attached hydrogens (tertiary/aromatic N) is 4. The third-order valence-electron chi connectivity index (χ3n) is 5.19. The quantitative estimate of drug-likeness (QED) is 0.460. The number of hydrogen-bond donors (Lipinski definition) is 1. The second-order valence-electron chi connectivity index (χ2n) is 7.04. The second-order valence-corrected chi connectivity index (χ2v) is 7.04. The minimum atomic E-state index is 0.708. The van der Waals surface area contributed by atoms with E-state index in [4.69, 9.17) is 4.98 Å². The van der Waals surface area contributed by atoms with Crippen molar-refractivity contribution in [1.29, 1.82) is 0 Å². The van der Waals surface area contributed by atoms with Gasteiger partial charge in [-0.3, -0.25) is 0 Å². The molecule has 5 aromatic rings. The Kier molecular flexibility index (Phi) is 4.41. The van der Waals surface area contributed by atoms with Crippen LogP contribution in [0.5, 0.6) is 0 Å². The average Bonchev–Trinajstić information content (AvgIpc) is 3.22. The topological polar surface area (TPSA) is 55.1 Å². The van der Waals surface area contributed by atoms with E-state index < -0.39 is 0 Å². The average molecular weight is 379 g/mol. The smallest absolute Gasteiger partial charge is 0.186 e. The number of fused-ring (bicyclic) bond motifs is 3. The van der Waals surface area contributed by atoms with Crippen LogP contribution in [0.15, 0.2) is 78.9 Å². The van der Waals surface area contributed by atoms with E-state index >= 15 is 0 Å². The summed E-state index contributed by atoms with van der Waals surface area (Å²) >= 11 is 0. The van der Waals surface area contributed by atoms with Crippen LogP contribution in [0.1, 0.15) is 18.1 Å². The molecule has 0 aliphatic heterocycles. The zero-order valence-corrected chi connectivity index (χ0v) is 16.2. The van der Waals surface area contributed by atoms with E-state index in [0.29, 0.717) is 6.54 Å². The molecule has 0 saturated carbocycles. The standard InChI is InChI=1S/C24H21N5/c1-2-17-12-14-18(15-13-17)16-25-23-20-10-6-7-11-21(20)29-24(26-23)22(27-28-29)19-8-4-3-5-9-19/h3-15H,2,16H2,1H3,(H,25,26). The summed E-state index contributed by atoms with van der Waals surface area (Å²) in [5.41, 5.74) is 6.09. The van der Waals surface area contributed by atoms with Crippen molar-refractivity contribution >= 4 is 22.4 Å².